The molecule has 0 bridgehead atoms. The van der Waals surface area contributed by atoms with E-state index in [0.29, 0.717) is 35.6 Å². The quantitative estimate of drug-likeness (QED) is 0.467. The SMILES string of the molecule is O=C(CSc1nc2ccccc2c(=O)n1CCCO)N1CCC(c2ccccc2)=N1. The van der Waals surface area contributed by atoms with Gasteiger partial charge >= 0.3 is 0 Å². The number of thioether (sulfide) groups is 1. The molecule has 154 valence electrons. The molecule has 2 aromatic carbocycles. The van der Waals surface area contributed by atoms with E-state index in [1.807, 2.05) is 36.4 Å². The molecule has 0 unspecified atom stereocenters. The Bertz CT molecular complexity index is 1140. The molecule has 4 rings (SSSR count). The lowest BCUT2D eigenvalue weighted by atomic mass is 10.1. The van der Waals surface area contributed by atoms with E-state index in [9.17, 15) is 14.7 Å². The van der Waals surface area contributed by atoms with Crippen LogP contribution in [0.4, 0.5) is 0 Å². The van der Waals surface area contributed by atoms with Crippen molar-refractivity contribution in [1.29, 1.82) is 0 Å². The molecule has 0 atom stereocenters. The van der Waals surface area contributed by atoms with Gasteiger partial charge in [-0.1, -0.05) is 54.2 Å². The molecule has 0 saturated carbocycles. The van der Waals surface area contributed by atoms with Crippen molar-refractivity contribution in [3.63, 3.8) is 0 Å². The molecular weight excluding hydrogens is 400 g/mol. The number of para-hydroxylation sites is 1. The molecule has 1 aromatic heterocycles. The molecular formula is C22H22N4O3S. The highest BCUT2D eigenvalue weighted by atomic mass is 32.2. The number of carbonyl (C=O) groups excluding carboxylic acids is 1. The smallest absolute Gasteiger partial charge is 0.262 e. The Hall–Kier alpha value is -2.97. The summed E-state index contributed by atoms with van der Waals surface area (Å²) in [6, 6.07) is 17.0. The number of hydrazone groups is 1. The maximum Gasteiger partial charge on any atom is 0.262 e. The fourth-order valence-corrected chi connectivity index (χ4v) is 4.25. The highest BCUT2D eigenvalue weighted by Crippen LogP contribution is 2.20. The van der Waals surface area contributed by atoms with Crippen molar-refractivity contribution in [2.24, 2.45) is 5.10 Å². The van der Waals surface area contributed by atoms with E-state index in [4.69, 9.17) is 0 Å². The van der Waals surface area contributed by atoms with Crippen LogP contribution in [-0.4, -0.2) is 50.2 Å². The van der Waals surface area contributed by atoms with E-state index in [-0.39, 0.29) is 23.8 Å². The standard InChI is InChI=1S/C22H22N4O3S/c27-14-6-12-25-21(29)17-9-4-5-10-19(17)23-22(25)30-15-20(28)26-13-11-18(24-26)16-7-2-1-3-8-16/h1-5,7-10,27H,6,11-15H2. The number of hydrogen-bond donors (Lipinski definition) is 1. The molecule has 1 amide bonds. The van der Waals surface area contributed by atoms with Crippen LogP contribution >= 0.6 is 11.8 Å². The average Bonchev–Trinajstić information content (AvgIpc) is 3.28. The summed E-state index contributed by atoms with van der Waals surface area (Å²) >= 11 is 1.23. The summed E-state index contributed by atoms with van der Waals surface area (Å²) in [5.74, 6) is 0.0113. The van der Waals surface area contributed by atoms with Crippen molar-refractivity contribution in [3.05, 3.63) is 70.5 Å². The molecule has 2 heterocycles. The summed E-state index contributed by atoms with van der Waals surface area (Å²) in [7, 11) is 0. The van der Waals surface area contributed by atoms with Gasteiger partial charge in [-0.15, -0.1) is 0 Å². The molecule has 1 aliphatic rings. The van der Waals surface area contributed by atoms with Crippen LogP contribution in [0.3, 0.4) is 0 Å². The summed E-state index contributed by atoms with van der Waals surface area (Å²) < 4.78 is 1.54. The highest BCUT2D eigenvalue weighted by molar-refractivity contribution is 7.99. The first kappa shape index (κ1) is 20.3. The average molecular weight is 423 g/mol. The number of fused-ring (bicyclic) bond motifs is 1. The van der Waals surface area contributed by atoms with Crippen LogP contribution in [0.5, 0.6) is 0 Å². The normalized spacial score (nSPS) is 13.6. The van der Waals surface area contributed by atoms with E-state index in [0.717, 1.165) is 17.7 Å². The van der Waals surface area contributed by atoms with Crippen molar-refractivity contribution < 1.29 is 9.90 Å². The maximum atomic E-state index is 12.9. The van der Waals surface area contributed by atoms with E-state index in [2.05, 4.69) is 10.1 Å². The Kier molecular flexibility index (Phi) is 6.25. The topological polar surface area (TPSA) is 87.8 Å². The van der Waals surface area contributed by atoms with Crippen LogP contribution in [0.1, 0.15) is 18.4 Å². The largest absolute Gasteiger partial charge is 0.396 e. The first-order valence-electron chi connectivity index (χ1n) is 9.84. The summed E-state index contributed by atoms with van der Waals surface area (Å²) in [6.45, 7) is 0.878. The van der Waals surface area contributed by atoms with E-state index >= 15 is 0 Å². The second-order valence-corrected chi connectivity index (χ2v) is 7.86. The van der Waals surface area contributed by atoms with E-state index in [1.54, 1.807) is 22.8 Å². The number of hydrogen-bond acceptors (Lipinski definition) is 6. The van der Waals surface area contributed by atoms with Gasteiger partial charge in [-0.3, -0.25) is 14.2 Å². The molecule has 0 aliphatic carbocycles. The van der Waals surface area contributed by atoms with E-state index < -0.39 is 0 Å². The lowest BCUT2D eigenvalue weighted by molar-refractivity contribution is -0.127. The van der Waals surface area contributed by atoms with Gasteiger partial charge in [-0.2, -0.15) is 5.10 Å². The third-order valence-electron chi connectivity index (χ3n) is 4.89. The van der Waals surface area contributed by atoms with Gasteiger partial charge in [0.25, 0.3) is 11.5 Å². The van der Waals surface area contributed by atoms with Crippen LogP contribution in [0.15, 0.2) is 69.6 Å². The third kappa shape index (κ3) is 4.29. The van der Waals surface area contributed by atoms with Gasteiger partial charge in [0, 0.05) is 19.6 Å². The highest BCUT2D eigenvalue weighted by Gasteiger charge is 2.22. The second-order valence-electron chi connectivity index (χ2n) is 6.91. The summed E-state index contributed by atoms with van der Waals surface area (Å²) in [6.07, 6.45) is 1.16. The first-order chi connectivity index (χ1) is 14.7. The number of benzene rings is 2. The summed E-state index contributed by atoms with van der Waals surface area (Å²) in [5.41, 5.74) is 2.37. The summed E-state index contributed by atoms with van der Waals surface area (Å²) in [4.78, 5) is 30.2. The van der Waals surface area contributed by atoms with Gasteiger partial charge in [0.2, 0.25) is 0 Å². The molecule has 0 spiro atoms. The zero-order valence-corrected chi connectivity index (χ0v) is 17.2. The molecule has 3 aromatic rings. The van der Waals surface area contributed by atoms with E-state index in [1.165, 1.54) is 16.8 Å². The number of aromatic nitrogens is 2. The fraction of sp³-hybridized carbons (Fsp3) is 0.273. The number of carbonyl (C=O) groups is 1. The molecule has 0 saturated heterocycles. The van der Waals surface area contributed by atoms with Crippen molar-refractivity contribution in [1.82, 2.24) is 14.6 Å². The minimum Gasteiger partial charge on any atom is -0.396 e. The maximum absolute atomic E-state index is 12.9. The number of rotatable bonds is 7. The van der Waals surface area contributed by atoms with Gasteiger partial charge in [-0.05, 0) is 24.1 Å². The Balaban J connectivity index is 1.52. The Morgan fingerprint density at radius 2 is 1.87 bits per heavy atom. The van der Waals surface area contributed by atoms with Crippen LogP contribution in [0, 0.1) is 0 Å². The zero-order chi connectivity index (χ0) is 20.9. The minimum atomic E-state index is -0.158. The number of aliphatic hydroxyl groups is 1. The monoisotopic (exact) mass is 422 g/mol. The van der Waals surface area contributed by atoms with Crippen LogP contribution in [0.25, 0.3) is 10.9 Å². The van der Waals surface area contributed by atoms with Crippen molar-refractivity contribution in [2.75, 3.05) is 18.9 Å². The van der Waals surface area contributed by atoms with Crippen LogP contribution in [-0.2, 0) is 11.3 Å². The number of aliphatic hydroxyl groups excluding tert-OH is 1. The predicted octanol–water partition coefficient (Wildman–Crippen LogP) is 2.51. The number of nitrogens with zero attached hydrogens (tertiary/aromatic N) is 4. The Labute approximate surface area is 178 Å². The van der Waals surface area contributed by atoms with Crippen molar-refractivity contribution in [3.8, 4) is 0 Å². The molecule has 30 heavy (non-hydrogen) atoms. The fourth-order valence-electron chi connectivity index (χ4n) is 3.36. The van der Waals surface area contributed by atoms with Crippen LogP contribution in [0.2, 0.25) is 0 Å². The first-order valence-corrected chi connectivity index (χ1v) is 10.8. The number of amides is 1. The summed E-state index contributed by atoms with van der Waals surface area (Å²) in [5, 5.41) is 16.2. The molecule has 1 N–H and O–H groups in total. The van der Waals surface area contributed by atoms with Gasteiger partial charge in [0.15, 0.2) is 5.16 Å². The molecule has 7 nitrogen and oxygen atoms in total. The second kappa shape index (κ2) is 9.23. The molecule has 0 radical (unpaired) electrons. The van der Waals surface area contributed by atoms with Crippen molar-refractivity contribution >= 4 is 34.3 Å². The Morgan fingerprint density at radius 1 is 1.10 bits per heavy atom. The predicted molar refractivity (Wildman–Crippen MR) is 118 cm³/mol. The van der Waals surface area contributed by atoms with Gasteiger partial charge in [-0.25, -0.2) is 9.99 Å². The molecule has 8 heteroatoms. The lowest BCUT2D eigenvalue weighted by Gasteiger charge is -2.14. The molecule has 1 aliphatic heterocycles. The third-order valence-corrected chi connectivity index (χ3v) is 5.85. The van der Waals surface area contributed by atoms with Crippen LogP contribution < -0.4 is 5.56 Å². The van der Waals surface area contributed by atoms with Crippen molar-refractivity contribution in [2.45, 2.75) is 24.5 Å². The van der Waals surface area contributed by atoms with Gasteiger partial charge in [0.05, 0.1) is 28.9 Å². The minimum absolute atomic E-state index is 0.0208. The molecule has 0 fully saturated rings. The van der Waals surface area contributed by atoms with Gasteiger partial charge in [0.1, 0.15) is 0 Å². The zero-order valence-electron chi connectivity index (χ0n) is 16.4. The lowest BCUT2D eigenvalue weighted by Crippen LogP contribution is -2.27. The Morgan fingerprint density at radius 3 is 2.67 bits per heavy atom. The van der Waals surface area contributed by atoms with Gasteiger partial charge < -0.3 is 5.11 Å².